The highest BCUT2D eigenvalue weighted by Crippen LogP contribution is 2.40. The van der Waals surface area contributed by atoms with Crippen molar-refractivity contribution < 1.29 is 38.7 Å². The molecule has 4 atom stereocenters. The maximum absolute atomic E-state index is 12.2. The van der Waals surface area contributed by atoms with Gasteiger partial charge in [0.15, 0.2) is 11.8 Å². The fourth-order valence-corrected chi connectivity index (χ4v) is 3.64. The lowest BCUT2D eigenvalue weighted by Gasteiger charge is -2.44. The molecular formula is C18H18N2O9. The van der Waals surface area contributed by atoms with Gasteiger partial charge in [0, 0.05) is 18.6 Å². The number of carboxylic acids is 1. The first-order valence-electron chi connectivity index (χ1n) is 8.83. The zero-order chi connectivity index (χ0) is 21.3. The molecule has 154 valence electrons. The van der Waals surface area contributed by atoms with Crippen molar-refractivity contribution >= 4 is 29.5 Å². The van der Waals surface area contributed by atoms with E-state index in [1.54, 1.807) is 6.92 Å². The third-order valence-corrected chi connectivity index (χ3v) is 5.01. The number of carboxylic acid groups (broad SMARTS) is 1. The molecule has 2 unspecified atom stereocenters. The summed E-state index contributed by atoms with van der Waals surface area (Å²) in [6.45, 7) is 1.42. The summed E-state index contributed by atoms with van der Waals surface area (Å²) in [5.74, 6) is -2.87. The van der Waals surface area contributed by atoms with Crippen LogP contribution < -0.4 is 0 Å². The van der Waals surface area contributed by atoms with E-state index < -0.39 is 52.8 Å². The Bertz CT molecular complexity index is 867. The van der Waals surface area contributed by atoms with Crippen LogP contribution in [0.4, 0.5) is 10.5 Å². The topological polar surface area (TPSA) is 153 Å². The minimum Gasteiger partial charge on any atom is -0.479 e. The Balaban J connectivity index is 1.46. The summed E-state index contributed by atoms with van der Waals surface area (Å²) in [5.41, 5.74) is 0.453. The van der Waals surface area contributed by atoms with Crippen LogP contribution in [0.15, 0.2) is 24.3 Å². The van der Waals surface area contributed by atoms with Crippen LogP contribution in [-0.2, 0) is 30.5 Å². The van der Waals surface area contributed by atoms with Crippen molar-refractivity contribution in [3.63, 3.8) is 0 Å². The first-order chi connectivity index (χ1) is 13.7. The lowest BCUT2D eigenvalue weighted by Crippen LogP contribution is -2.62. The van der Waals surface area contributed by atoms with Crippen LogP contribution in [0, 0.1) is 16.0 Å². The molecule has 0 aliphatic carbocycles. The number of ether oxygens (including phenoxy) is 2. The predicted molar refractivity (Wildman–Crippen MR) is 93.6 cm³/mol. The maximum Gasteiger partial charge on any atom is 0.508 e. The SMILES string of the molecule is CC(C[C@H]1C(=O)N2C1CC(=O)[C@@H]2C(=O)O)OC(=O)OCc1ccc([N+](=O)[O-])cc1. The second-order valence-corrected chi connectivity index (χ2v) is 6.96. The summed E-state index contributed by atoms with van der Waals surface area (Å²) < 4.78 is 10.1. The Kier molecular flexibility index (Phi) is 5.48. The van der Waals surface area contributed by atoms with Crippen molar-refractivity contribution in [1.29, 1.82) is 0 Å². The van der Waals surface area contributed by atoms with Gasteiger partial charge in [0.1, 0.15) is 12.7 Å². The largest absolute Gasteiger partial charge is 0.508 e. The number of fused-ring (bicyclic) bond motifs is 1. The Morgan fingerprint density at radius 2 is 1.97 bits per heavy atom. The smallest absolute Gasteiger partial charge is 0.479 e. The van der Waals surface area contributed by atoms with Gasteiger partial charge in [0.25, 0.3) is 5.69 Å². The van der Waals surface area contributed by atoms with Crippen molar-refractivity contribution in [2.45, 2.75) is 44.6 Å². The van der Waals surface area contributed by atoms with Crippen LogP contribution in [0.1, 0.15) is 25.3 Å². The fourth-order valence-electron chi connectivity index (χ4n) is 3.64. The number of carbonyl (C=O) groups excluding carboxylic acids is 3. The summed E-state index contributed by atoms with van der Waals surface area (Å²) in [7, 11) is 0. The number of nitrogens with zero attached hydrogens (tertiary/aromatic N) is 2. The number of aliphatic carboxylic acids is 1. The van der Waals surface area contributed by atoms with E-state index in [4.69, 9.17) is 14.6 Å². The molecule has 1 N–H and O–H groups in total. The quantitative estimate of drug-likeness (QED) is 0.232. The average molecular weight is 406 g/mol. The number of hydrogen-bond acceptors (Lipinski definition) is 8. The molecule has 11 nitrogen and oxygen atoms in total. The van der Waals surface area contributed by atoms with E-state index in [-0.39, 0.29) is 25.1 Å². The molecule has 1 aromatic rings. The number of carbonyl (C=O) groups is 4. The van der Waals surface area contributed by atoms with E-state index >= 15 is 0 Å². The van der Waals surface area contributed by atoms with Crippen LogP contribution in [-0.4, -0.2) is 56.9 Å². The first kappa shape index (κ1) is 20.2. The molecule has 0 aromatic heterocycles. The minimum absolute atomic E-state index is 0.0231. The number of amides is 1. The number of benzene rings is 1. The van der Waals surface area contributed by atoms with Gasteiger partial charge in [0.2, 0.25) is 5.91 Å². The van der Waals surface area contributed by atoms with E-state index in [0.29, 0.717) is 5.56 Å². The molecule has 0 bridgehead atoms. The summed E-state index contributed by atoms with van der Waals surface area (Å²) in [6, 6.07) is 3.56. The van der Waals surface area contributed by atoms with E-state index in [1.807, 2.05) is 0 Å². The molecule has 2 aliphatic rings. The summed E-state index contributed by atoms with van der Waals surface area (Å²) in [5, 5.41) is 19.7. The number of hydrogen-bond donors (Lipinski definition) is 1. The van der Waals surface area contributed by atoms with Crippen molar-refractivity contribution in [2.75, 3.05) is 0 Å². The van der Waals surface area contributed by atoms with Crippen LogP contribution in [0.25, 0.3) is 0 Å². The van der Waals surface area contributed by atoms with E-state index in [9.17, 15) is 29.3 Å². The first-order valence-corrected chi connectivity index (χ1v) is 8.83. The van der Waals surface area contributed by atoms with Gasteiger partial charge >= 0.3 is 12.1 Å². The highest BCUT2D eigenvalue weighted by Gasteiger charge is 2.59. The zero-order valence-corrected chi connectivity index (χ0v) is 15.3. The highest BCUT2D eigenvalue weighted by molar-refractivity contribution is 6.10. The molecule has 2 aliphatic heterocycles. The number of nitro benzene ring substituents is 1. The lowest BCUT2D eigenvalue weighted by atomic mass is 9.83. The molecule has 0 spiro atoms. The Labute approximate surface area is 164 Å². The molecule has 2 heterocycles. The molecule has 11 heteroatoms. The van der Waals surface area contributed by atoms with E-state index in [0.717, 1.165) is 4.90 Å². The van der Waals surface area contributed by atoms with Gasteiger partial charge in [-0.05, 0) is 31.0 Å². The number of rotatable bonds is 7. The Morgan fingerprint density at radius 1 is 1.31 bits per heavy atom. The summed E-state index contributed by atoms with van der Waals surface area (Å²) in [6.07, 6.45) is -1.53. The van der Waals surface area contributed by atoms with Gasteiger partial charge in [-0.15, -0.1) is 0 Å². The molecule has 1 aromatic carbocycles. The Hall–Kier alpha value is -3.50. The van der Waals surface area contributed by atoms with E-state index in [2.05, 4.69) is 0 Å². The summed E-state index contributed by atoms with van der Waals surface area (Å²) >= 11 is 0. The normalized spacial score (nSPS) is 23.8. The van der Waals surface area contributed by atoms with Gasteiger partial charge in [-0.25, -0.2) is 9.59 Å². The molecule has 0 saturated carbocycles. The van der Waals surface area contributed by atoms with Crippen molar-refractivity contribution in [3.8, 4) is 0 Å². The van der Waals surface area contributed by atoms with Gasteiger partial charge in [-0.2, -0.15) is 0 Å². The standard InChI is InChI=1S/C18H18N2O9/c1-9(6-12-13-7-14(21)15(17(23)24)19(13)16(12)22)29-18(25)28-8-10-2-4-11(5-3-10)20(26)27/h2-5,9,12-13,15H,6-8H2,1H3,(H,23,24)/t9?,12-,13?,15-/m1/s1. The van der Waals surface area contributed by atoms with Crippen LogP contribution in [0.5, 0.6) is 0 Å². The molecule has 0 radical (unpaired) electrons. The molecule has 2 fully saturated rings. The van der Waals surface area contributed by atoms with Crippen molar-refractivity contribution in [1.82, 2.24) is 4.90 Å². The molecule has 3 rings (SSSR count). The molecule has 2 saturated heterocycles. The van der Waals surface area contributed by atoms with Crippen molar-refractivity contribution in [3.05, 3.63) is 39.9 Å². The van der Waals surface area contributed by atoms with E-state index in [1.165, 1.54) is 24.3 Å². The molecule has 1 amide bonds. The molecule has 29 heavy (non-hydrogen) atoms. The molecular weight excluding hydrogens is 388 g/mol. The van der Waals surface area contributed by atoms with Gasteiger partial charge < -0.3 is 19.5 Å². The predicted octanol–water partition coefficient (Wildman–Crippen LogP) is 1.28. The average Bonchev–Trinajstić information content (AvgIpc) is 2.98. The third kappa shape index (κ3) is 4.03. The van der Waals surface area contributed by atoms with Crippen LogP contribution >= 0.6 is 0 Å². The number of non-ortho nitro benzene ring substituents is 1. The fraction of sp³-hybridized carbons (Fsp3) is 0.444. The second kappa shape index (κ2) is 7.86. The number of ketones is 1. The lowest BCUT2D eigenvalue weighted by molar-refractivity contribution is -0.384. The Morgan fingerprint density at radius 3 is 2.55 bits per heavy atom. The monoisotopic (exact) mass is 406 g/mol. The number of nitro groups is 1. The van der Waals surface area contributed by atoms with Gasteiger partial charge in [-0.3, -0.25) is 19.7 Å². The van der Waals surface area contributed by atoms with Gasteiger partial charge in [-0.1, -0.05) is 0 Å². The minimum atomic E-state index is -1.42. The second-order valence-electron chi connectivity index (χ2n) is 6.96. The summed E-state index contributed by atoms with van der Waals surface area (Å²) in [4.78, 5) is 58.1. The highest BCUT2D eigenvalue weighted by atomic mass is 16.7. The van der Waals surface area contributed by atoms with Crippen LogP contribution in [0.3, 0.4) is 0 Å². The van der Waals surface area contributed by atoms with Gasteiger partial charge in [0.05, 0.1) is 16.9 Å². The maximum atomic E-state index is 12.2. The van der Waals surface area contributed by atoms with Crippen LogP contribution in [0.2, 0.25) is 0 Å². The third-order valence-electron chi connectivity index (χ3n) is 5.01. The zero-order valence-electron chi connectivity index (χ0n) is 15.3. The number of Topliss-reactive ketones (excluding diaryl/α,β-unsaturated/α-hetero) is 1. The van der Waals surface area contributed by atoms with Crippen molar-refractivity contribution in [2.24, 2.45) is 5.92 Å². The number of β-lactam (4-membered cyclic amide) rings is 1.